The fourth-order valence-electron chi connectivity index (χ4n) is 2.97. The normalized spacial score (nSPS) is 11.1. The van der Waals surface area contributed by atoms with Gasteiger partial charge in [0.1, 0.15) is 4.83 Å². The summed E-state index contributed by atoms with van der Waals surface area (Å²) < 4.78 is 1.72. The molecule has 0 N–H and O–H groups in total. The van der Waals surface area contributed by atoms with Gasteiger partial charge in [0.15, 0.2) is 0 Å². The van der Waals surface area contributed by atoms with E-state index in [4.69, 9.17) is 0 Å². The Bertz CT molecular complexity index is 1060. The van der Waals surface area contributed by atoms with Crippen LogP contribution in [-0.2, 0) is 13.0 Å². The lowest BCUT2D eigenvalue weighted by Crippen LogP contribution is -2.21. The molecule has 2 heterocycles. The molecule has 0 aliphatic heterocycles. The van der Waals surface area contributed by atoms with Crippen LogP contribution in [0.5, 0.6) is 0 Å². The molecule has 4 rings (SSSR count). The van der Waals surface area contributed by atoms with E-state index in [1.165, 1.54) is 22.5 Å². The van der Waals surface area contributed by atoms with Crippen LogP contribution in [0.25, 0.3) is 21.3 Å². The van der Waals surface area contributed by atoms with E-state index in [2.05, 4.69) is 48.3 Å². The first-order valence-electron chi connectivity index (χ1n) is 8.30. The zero-order valence-corrected chi connectivity index (χ0v) is 14.8. The van der Waals surface area contributed by atoms with Gasteiger partial charge in [0, 0.05) is 17.5 Å². The number of fused-ring (bicyclic) bond motifs is 1. The summed E-state index contributed by atoms with van der Waals surface area (Å²) in [5.41, 5.74) is 4.51. The Morgan fingerprint density at radius 1 is 1.04 bits per heavy atom. The summed E-state index contributed by atoms with van der Waals surface area (Å²) in [5, 5.41) is 2.76. The SMILES string of the molecule is Cc1ccc(-c2csc3ncn(CCc4ccccc4)c(=O)c23)cc1. The Morgan fingerprint density at radius 3 is 2.56 bits per heavy atom. The van der Waals surface area contributed by atoms with E-state index in [9.17, 15) is 4.79 Å². The largest absolute Gasteiger partial charge is 0.298 e. The van der Waals surface area contributed by atoms with E-state index in [-0.39, 0.29) is 5.56 Å². The highest BCUT2D eigenvalue weighted by Crippen LogP contribution is 2.30. The molecule has 4 heteroatoms. The zero-order valence-electron chi connectivity index (χ0n) is 14.0. The third kappa shape index (κ3) is 3.13. The van der Waals surface area contributed by atoms with Crippen molar-refractivity contribution in [2.45, 2.75) is 19.9 Å². The molecule has 0 aliphatic rings. The molecule has 2 aromatic carbocycles. The second kappa shape index (κ2) is 6.65. The van der Waals surface area contributed by atoms with Crippen molar-refractivity contribution in [3.05, 3.63) is 87.8 Å². The average molecular weight is 346 g/mol. The maximum absolute atomic E-state index is 13.0. The quantitative estimate of drug-likeness (QED) is 0.538. The van der Waals surface area contributed by atoms with Crippen LogP contribution in [0.4, 0.5) is 0 Å². The van der Waals surface area contributed by atoms with Crippen molar-refractivity contribution < 1.29 is 0 Å². The van der Waals surface area contributed by atoms with Crippen LogP contribution >= 0.6 is 11.3 Å². The van der Waals surface area contributed by atoms with Crippen LogP contribution in [0.1, 0.15) is 11.1 Å². The third-order valence-electron chi connectivity index (χ3n) is 4.41. The van der Waals surface area contributed by atoms with Crippen LogP contribution in [0.2, 0.25) is 0 Å². The predicted octanol–water partition coefficient (Wildman–Crippen LogP) is 4.68. The molecule has 0 amide bonds. The molecule has 0 saturated heterocycles. The minimum Gasteiger partial charge on any atom is -0.298 e. The summed E-state index contributed by atoms with van der Waals surface area (Å²) in [6.45, 7) is 2.70. The second-order valence-corrected chi connectivity index (χ2v) is 7.03. The van der Waals surface area contributed by atoms with Crippen molar-refractivity contribution in [2.24, 2.45) is 0 Å². The number of aryl methyl sites for hydroxylation is 3. The molecule has 0 atom stereocenters. The van der Waals surface area contributed by atoms with Gasteiger partial charge in [0.05, 0.1) is 11.7 Å². The van der Waals surface area contributed by atoms with Crippen molar-refractivity contribution in [3.63, 3.8) is 0 Å². The molecule has 0 radical (unpaired) electrons. The maximum atomic E-state index is 13.0. The van der Waals surface area contributed by atoms with Gasteiger partial charge in [-0.3, -0.25) is 9.36 Å². The Hall–Kier alpha value is -2.72. The number of thiophene rings is 1. The number of nitrogens with zero attached hydrogens (tertiary/aromatic N) is 2. The van der Waals surface area contributed by atoms with Gasteiger partial charge >= 0.3 is 0 Å². The fourth-order valence-corrected chi connectivity index (χ4v) is 3.87. The van der Waals surface area contributed by atoms with Gasteiger partial charge in [-0.25, -0.2) is 4.98 Å². The zero-order chi connectivity index (χ0) is 17.2. The third-order valence-corrected chi connectivity index (χ3v) is 5.29. The van der Waals surface area contributed by atoms with Gasteiger partial charge in [-0.1, -0.05) is 60.2 Å². The average Bonchev–Trinajstić information content (AvgIpc) is 3.08. The Morgan fingerprint density at radius 2 is 1.80 bits per heavy atom. The molecule has 2 aromatic heterocycles. The minimum absolute atomic E-state index is 0.0396. The highest BCUT2D eigenvalue weighted by Gasteiger charge is 2.13. The molecule has 0 fully saturated rings. The van der Waals surface area contributed by atoms with Crippen LogP contribution in [-0.4, -0.2) is 9.55 Å². The summed E-state index contributed by atoms with van der Waals surface area (Å²) in [4.78, 5) is 18.3. The van der Waals surface area contributed by atoms with E-state index in [0.717, 1.165) is 27.8 Å². The van der Waals surface area contributed by atoms with Crippen molar-refractivity contribution in [1.82, 2.24) is 9.55 Å². The topological polar surface area (TPSA) is 34.9 Å². The smallest absolute Gasteiger partial charge is 0.262 e. The minimum atomic E-state index is 0.0396. The van der Waals surface area contributed by atoms with Gasteiger partial charge in [0.2, 0.25) is 0 Å². The van der Waals surface area contributed by atoms with Crippen LogP contribution in [0.15, 0.2) is 71.1 Å². The summed E-state index contributed by atoms with van der Waals surface area (Å²) in [6, 6.07) is 18.5. The molecular weight excluding hydrogens is 328 g/mol. The lowest BCUT2D eigenvalue weighted by atomic mass is 10.1. The number of aromatic nitrogens is 2. The molecule has 0 aliphatic carbocycles. The molecule has 124 valence electrons. The van der Waals surface area contributed by atoms with Crippen LogP contribution in [0.3, 0.4) is 0 Å². The van der Waals surface area contributed by atoms with Crippen molar-refractivity contribution in [3.8, 4) is 11.1 Å². The van der Waals surface area contributed by atoms with E-state index in [1.54, 1.807) is 10.9 Å². The van der Waals surface area contributed by atoms with Gasteiger partial charge in [-0.15, -0.1) is 11.3 Å². The first-order chi connectivity index (χ1) is 12.2. The first kappa shape index (κ1) is 15.8. The number of benzene rings is 2. The first-order valence-corrected chi connectivity index (χ1v) is 9.18. The van der Waals surface area contributed by atoms with Gasteiger partial charge in [-0.05, 0) is 24.5 Å². The molecule has 25 heavy (non-hydrogen) atoms. The monoisotopic (exact) mass is 346 g/mol. The van der Waals surface area contributed by atoms with E-state index >= 15 is 0 Å². The molecule has 0 saturated carbocycles. The Labute approximate surface area is 150 Å². The molecule has 4 aromatic rings. The van der Waals surface area contributed by atoms with Crippen LogP contribution in [0, 0.1) is 6.92 Å². The highest BCUT2D eigenvalue weighted by molar-refractivity contribution is 7.17. The highest BCUT2D eigenvalue weighted by atomic mass is 32.1. The fraction of sp³-hybridized carbons (Fsp3) is 0.143. The molecule has 3 nitrogen and oxygen atoms in total. The Kier molecular flexibility index (Phi) is 4.20. The maximum Gasteiger partial charge on any atom is 0.262 e. The standard InChI is InChI=1S/C21H18N2OS/c1-15-7-9-17(10-8-15)18-13-25-20-19(18)21(24)23(14-22-20)12-11-16-5-3-2-4-6-16/h2-10,13-14H,11-12H2,1H3. The summed E-state index contributed by atoms with van der Waals surface area (Å²) in [5.74, 6) is 0. The lowest BCUT2D eigenvalue weighted by molar-refractivity contribution is 0.663. The molecule has 0 spiro atoms. The molecular formula is C21H18N2OS. The molecule has 0 unspecified atom stereocenters. The number of rotatable bonds is 4. The van der Waals surface area contributed by atoms with E-state index in [0.29, 0.717) is 6.54 Å². The number of hydrogen-bond donors (Lipinski definition) is 0. The lowest BCUT2D eigenvalue weighted by Gasteiger charge is -2.06. The van der Waals surface area contributed by atoms with Crippen LogP contribution < -0.4 is 5.56 Å². The van der Waals surface area contributed by atoms with Gasteiger partial charge in [0.25, 0.3) is 5.56 Å². The van der Waals surface area contributed by atoms with Crippen molar-refractivity contribution in [2.75, 3.05) is 0 Å². The van der Waals surface area contributed by atoms with Crippen molar-refractivity contribution >= 4 is 21.6 Å². The second-order valence-electron chi connectivity index (χ2n) is 6.17. The summed E-state index contributed by atoms with van der Waals surface area (Å²) in [7, 11) is 0. The predicted molar refractivity (Wildman–Crippen MR) is 104 cm³/mol. The summed E-state index contributed by atoms with van der Waals surface area (Å²) in [6.07, 6.45) is 2.49. The molecule has 0 bridgehead atoms. The van der Waals surface area contributed by atoms with Gasteiger partial charge < -0.3 is 0 Å². The van der Waals surface area contributed by atoms with Gasteiger partial charge in [-0.2, -0.15) is 0 Å². The number of hydrogen-bond acceptors (Lipinski definition) is 3. The summed E-state index contributed by atoms with van der Waals surface area (Å²) >= 11 is 1.53. The van der Waals surface area contributed by atoms with Crippen molar-refractivity contribution in [1.29, 1.82) is 0 Å². The van der Waals surface area contributed by atoms with E-state index in [1.807, 2.05) is 23.6 Å². The Balaban J connectivity index is 1.73. The van der Waals surface area contributed by atoms with E-state index < -0.39 is 0 Å².